The average Bonchev–Trinajstić information content (AvgIpc) is 2.63. The summed E-state index contributed by atoms with van der Waals surface area (Å²) < 4.78 is 0. The van der Waals surface area contributed by atoms with E-state index in [4.69, 9.17) is 5.73 Å². The van der Waals surface area contributed by atoms with Crippen LogP contribution in [0, 0.1) is 0 Å². The van der Waals surface area contributed by atoms with Gasteiger partial charge in [0.2, 0.25) is 0 Å². The van der Waals surface area contributed by atoms with Gasteiger partial charge in [-0.05, 0) is 24.6 Å². The van der Waals surface area contributed by atoms with Gasteiger partial charge in [0, 0.05) is 12.2 Å². The molecule has 0 aliphatic rings. The molecule has 0 unspecified atom stereocenters. The van der Waals surface area contributed by atoms with E-state index in [2.05, 4.69) is 16.9 Å². The van der Waals surface area contributed by atoms with Gasteiger partial charge in [-0.1, -0.05) is 6.92 Å². The summed E-state index contributed by atoms with van der Waals surface area (Å²) in [6.07, 6.45) is 2.81. The molecule has 0 bridgehead atoms. The molecule has 2 aromatic rings. The van der Waals surface area contributed by atoms with Crippen LogP contribution in [0.25, 0.3) is 11.0 Å². The Morgan fingerprint density at radius 2 is 2.31 bits per heavy atom. The van der Waals surface area contributed by atoms with Crippen LogP contribution in [-0.4, -0.2) is 9.97 Å². The number of fused-ring (bicyclic) bond motifs is 1. The second kappa shape index (κ2) is 3.18. The minimum atomic E-state index is 0.0549. The van der Waals surface area contributed by atoms with Gasteiger partial charge in [-0.25, -0.2) is 4.98 Å². The molecule has 0 fully saturated rings. The maximum Gasteiger partial charge on any atom is 0.0882 e. The van der Waals surface area contributed by atoms with Crippen molar-refractivity contribution in [1.29, 1.82) is 0 Å². The zero-order valence-electron chi connectivity index (χ0n) is 7.62. The van der Waals surface area contributed by atoms with Gasteiger partial charge in [0.25, 0.3) is 0 Å². The second-order valence-electron chi connectivity index (χ2n) is 3.16. The molecule has 2 heterocycles. The van der Waals surface area contributed by atoms with Crippen LogP contribution in [0.1, 0.15) is 25.1 Å². The number of nitrogens with one attached hydrogen (secondary N) is 1. The molecule has 0 amide bonds. The summed E-state index contributed by atoms with van der Waals surface area (Å²) in [4.78, 5) is 7.55. The van der Waals surface area contributed by atoms with Gasteiger partial charge >= 0.3 is 0 Å². The number of H-pyrrole nitrogens is 1. The summed E-state index contributed by atoms with van der Waals surface area (Å²) in [6, 6.07) is 6.01. The lowest BCUT2D eigenvalue weighted by atomic mass is 10.1. The molecular weight excluding hydrogens is 162 g/mol. The molecule has 2 aromatic heterocycles. The predicted molar refractivity (Wildman–Crippen MR) is 53.3 cm³/mol. The van der Waals surface area contributed by atoms with Crippen molar-refractivity contribution in [1.82, 2.24) is 9.97 Å². The third kappa shape index (κ3) is 1.42. The molecule has 0 radical (unpaired) electrons. The highest BCUT2D eigenvalue weighted by Crippen LogP contribution is 2.15. The van der Waals surface area contributed by atoms with Crippen molar-refractivity contribution in [2.24, 2.45) is 5.73 Å². The van der Waals surface area contributed by atoms with Crippen molar-refractivity contribution in [3.8, 4) is 0 Å². The Bertz CT molecular complexity index is 405. The fraction of sp³-hybridized carbons (Fsp3) is 0.300. The summed E-state index contributed by atoms with van der Waals surface area (Å²) in [6.45, 7) is 2.06. The first-order valence-corrected chi connectivity index (χ1v) is 4.51. The number of hydrogen-bond acceptors (Lipinski definition) is 2. The molecule has 3 nitrogen and oxygen atoms in total. The predicted octanol–water partition coefficient (Wildman–Crippen LogP) is 1.97. The minimum Gasteiger partial charge on any atom is -0.360 e. The van der Waals surface area contributed by atoms with Crippen LogP contribution in [-0.2, 0) is 0 Å². The van der Waals surface area contributed by atoms with Gasteiger partial charge in [-0.3, -0.25) is 0 Å². The van der Waals surface area contributed by atoms with Crippen LogP contribution in [0.4, 0.5) is 0 Å². The SMILES string of the molecule is CC[C@@H](N)c1ccc2[nH]ccc2n1. The van der Waals surface area contributed by atoms with Crippen LogP contribution in [0.15, 0.2) is 24.4 Å². The molecule has 0 spiro atoms. The highest BCUT2D eigenvalue weighted by molar-refractivity contribution is 5.74. The largest absolute Gasteiger partial charge is 0.360 e. The third-order valence-corrected chi connectivity index (χ3v) is 2.25. The number of nitrogens with zero attached hydrogens (tertiary/aromatic N) is 1. The van der Waals surface area contributed by atoms with Gasteiger partial charge in [0.15, 0.2) is 0 Å². The molecule has 0 aliphatic carbocycles. The summed E-state index contributed by atoms with van der Waals surface area (Å²) in [7, 11) is 0. The quantitative estimate of drug-likeness (QED) is 0.733. The number of pyridine rings is 1. The van der Waals surface area contributed by atoms with E-state index in [1.807, 2.05) is 24.4 Å². The van der Waals surface area contributed by atoms with E-state index >= 15 is 0 Å². The molecule has 1 atom stereocenters. The van der Waals surface area contributed by atoms with Crippen molar-refractivity contribution < 1.29 is 0 Å². The number of aromatic nitrogens is 2. The molecule has 0 saturated carbocycles. The maximum atomic E-state index is 5.88. The topological polar surface area (TPSA) is 54.7 Å². The first-order valence-electron chi connectivity index (χ1n) is 4.51. The average molecular weight is 175 g/mol. The number of rotatable bonds is 2. The minimum absolute atomic E-state index is 0.0549. The maximum absolute atomic E-state index is 5.88. The fourth-order valence-corrected chi connectivity index (χ4v) is 1.37. The molecular formula is C10H13N3. The van der Waals surface area contributed by atoms with Crippen molar-refractivity contribution in [3.05, 3.63) is 30.1 Å². The fourth-order valence-electron chi connectivity index (χ4n) is 1.37. The Balaban J connectivity index is 2.48. The summed E-state index contributed by atoms with van der Waals surface area (Å²) in [5, 5.41) is 0. The van der Waals surface area contributed by atoms with Crippen molar-refractivity contribution in [2.75, 3.05) is 0 Å². The lowest BCUT2D eigenvalue weighted by Crippen LogP contribution is -2.10. The van der Waals surface area contributed by atoms with Gasteiger partial charge in [-0.2, -0.15) is 0 Å². The van der Waals surface area contributed by atoms with Crippen molar-refractivity contribution in [3.63, 3.8) is 0 Å². The second-order valence-corrected chi connectivity index (χ2v) is 3.16. The first kappa shape index (κ1) is 8.26. The first-order chi connectivity index (χ1) is 6.31. The van der Waals surface area contributed by atoms with E-state index in [0.29, 0.717) is 0 Å². The Morgan fingerprint density at radius 3 is 3.08 bits per heavy atom. The zero-order valence-corrected chi connectivity index (χ0v) is 7.62. The van der Waals surface area contributed by atoms with Gasteiger partial charge in [0.1, 0.15) is 0 Å². The lowest BCUT2D eigenvalue weighted by molar-refractivity contribution is 0.679. The molecule has 68 valence electrons. The molecule has 2 rings (SSSR count). The van der Waals surface area contributed by atoms with Crippen molar-refractivity contribution >= 4 is 11.0 Å². The smallest absolute Gasteiger partial charge is 0.0882 e. The van der Waals surface area contributed by atoms with E-state index in [1.165, 1.54) is 0 Å². The zero-order chi connectivity index (χ0) is 9.26. The highest BCUT2D eigenvalue weighted by Gasteiger charge is 2.05. The Morgan fingerprint density at radius 1 is 1.46 bits per heavy atom. The van der Waals surface area contributed by atoms with Gasteiger partial charge in [0.05, 0.1) is 16.7 Å². The van der Waals surface area contributed by atoms with E-state index < -0.39 is 0 Å². The summed E-state index contributed by atoms with van der Waals surface area (Å²) >= 11 is 0. The molecule has 3 heteroatoms. The van der Waals surface area contributed by atoms with Gasteiger partial charge in [-0.15, -0.1) is 0 Å². The number of hydrogen-bond donors (Lipinski definition) is 2. The van der Waals surface area contributed by atoms with E-state index in [9.17, 15) is 0 Å². The summed E-state index contributed by atoms with van der Waals surface area (Å²) in [5.41, 5.74) is 8.90. The highest BCUT2D eigenvalue weighted by atomic mass is 14.8. The normalized spacial score (nSPS) is 13.4. The standard InChI is InChI=1S/C10H13N3/c1-2-7(11)8-3-4-9-10(13-8)5-6-12-9/h3-7,12H,2,11H2,1H3/t7-/m1/s1. The van der Waals surface area contributed by atoms with Crippen LogP contribution in [0.2, 0.25) is 0 Å². The molecule has 13 heavy (non-hydrogen) atoms. The van der Waals surface area contributed by atoms with Crippen LogP contribution in [0.3, 0.4) is 0 Å². The summed E-state index contributed by atoms with van der Waals surface area (Å²) in [5.74, 6) is 0. The number of aromatic amines is 1. The molecule has 0 saturated heterocycles. The monoisotopic (exact) mass is 175 g/mol. The Kier molecular flexibility index (Phi) is 2.02. The molecule has 0 aromatic carbocycles. The number of nitrogens with two attached hydrogens (primary N) is 1. The molecule has 0 aliphatic heterocycles. The van der Waals surface area contributed by atoms with E-state index in [1.54, 1.807) is 0 Å². The third-order valence-electron chi connectivity index (χ3n) is 2.25. The Labute approximate surface area is 77.0 Å². The van der Waals surface area contributed by atoms with Crippen LogP contribution in [0.5, 0.6) is 0 Å². The van der Waals surface area contributed by atoms with Gasteiger partial charge < -0.3 is 10.7 Å². The van der Waals surface area contributed by atoms with Crippen molar-refractivity contribution in [2.45, 2.75) is 19.4 Å². The van der Waals surface area contributed by atoms with Crippen LogP contribution >= 0.6 is 0 Å². The van der Waals surface area contributed by atoms with E-state index in [-0.39, 0.29) is 6.04 Å². The van der Waals surface area contributed by atoms with Crippen LogP contribution < -0.4 is 5.73 Å². The van der Waals surface area contributed by atoms with E-state index in [0.717, 1.165) is 23.1 Å². The Hall–Kier alpha value is -1.35. The molecule has 3 N–H and O–H groups in total. The lowest BCUT2D eigenvalue weighted by Gasteiger charge is -2.07.